The van der Waals surface area contributed by atoms with Gasteiger partial charge in [-0.05, 0) is 31.4 Å². The number of hydrogen-bond donors (Lipinski definition) is 1. The highest BCUT2D eigenvalue weighted by atomic mass is 15.5. The van der Waals surface area contributed by atoms with Crippen molar-refractivity contribution < 1.29 is 0 Å². The van der Waals surface area contributed by atoms with Crippen molar-refractivity contribution in [1.82, 2.24) is 24.6 Å². The normalized spacial score (nSPS) is 19.6. The largest absolute Gasteiger partial charge is 0.323 e. The van der Waals surface area contributed by atoms with Crippen LogP contribution in [0.1, 0.15) is 37.7 Å². The Morgan fingerprint density at radius 3 is 2.86 bits per heavy atom. The Hall–Kier alpha value is -3.23. The van der Waals surface area contributed by atoms with E-state index in [4.69, 9.17) is 9.98 Å². The van der Waals surface area contributed by atoms with Crippen LogP contribution in [0.15, 0.2) is 29.8 Å². The number of nitrogens with zero attached hydrogens (tertiary/aromatic N) is 8. The third kappa shape index (κ3) is 2.36. The van der Waals surface area contributed by atoms with E-state index in [9.17, 15) is 0 Å². The fourth-order valence-corrected chi connectivity index (χ4v) is 4.88. The standard InChI is InChI=1S/C20H23N9/c1-13-8-16-23-12-24-28(16)10-14(13)25-18-21-9-15-17(26-18)29-19(27(15)2)22-11-20(29)6-4-3-5-7-20/h8-10,12H,3-7,11H2,1-2H3,(H,21,25,26). The Morgan fingerprint density at radius 1 is 1.14 bits per heavy atom. The maximum atomic E-state index is 4.94. The smallest absolute Gasteiger partial charge is 0.229 e. The zero-order valence-corrected chi connectivity index (χ0v) is 16.6. The molecule has 3 aromatic heterocycles. The molecule has 148 valence electrons. The molecule has 0 bridgehead atoms. The summed E-state index contributed by atoms with van der Waals surface area (Å²) < 4.78 is 1.75. The van der Waals surface area contributed by atoms with Gasteiger partial charge in [-0.1, -0.05) is 19.3 Å². The summed E-state index contributed by atoms with van der Waals surface area (Å²) in [5, 5.41) is 7.60. The first kappa shape index (κ1) is 16.7. The maximum Gasteiger partial charge on any atom is 0.229 e. The number of nitrogens with one attached hydrogen (secondary N) is 1. The van der Waals surface area contributed by atoms with Crippen LogP contribution in [0.5, 0.6) is 0 Å². The van der Waals surface area contributed by atoms with E-state index in [1.165, 1.54) is 32.1 Å². The number of hydrogen-bond acceptors (Lipinski definition) is 8. The number of fused-ring (bicyclic) bond motifs is 5. The van der Waals surface area contributed by atoms with E-state index in [2.05, 4.69) is 37.2 Å². The lowest BCUT2D eigenvalue weighted by Crippen LogP contribution is -2.51. The highest BCUT2D eigenvalue weighted by molar-refractivity contribution is 6.17. The van der Waals surface area contributed by atoms with Crippen molar-refractivity contribution in [2.24, 2.45) is 4.99 Å². The number of pyridine rings is 1. The molecule has 9 nitrogen and oxygen atoms in total. The number of aromatic nitrogens is 5. The molecule has 9 heteroatoms. The van der Waals surface area contributed by atoms with Crippen LogP contribution in [0.2, 0.25) is 0 Å². The SMILES string of the molecule is Cc1cc2ncnn2cc1Nc1ncc2c(n1)N1C(=NCC13CCCCC3)N2C. The highest BCUT2D eigenvalue weighted by Gasteiger charge is 2.50. The zero-order chi connectivity index (χ0) is 19.6. The third-order valence-electron chi connectivity index (χ3n) is 6.47. The summed E-state index contributed by atoms with van der Waals surface area (Å²) in [6, 6.07) is 2.00. The first-order chi connectivity index (χ1) is 14.1. The van der Waals surface area contributed by atoms with Gasteiger partial charge >= 0.3 is 0 Å². The third-order valence-corrected chi connectivity index (χ3v) is 6.47. The predicted octanol–water partition coefficient (Wildman–Crippen LogP) is 2.90. The van der Waals surface area contributed by atoms with E-state index in [0.29, 0.717) is 5.95 Å². The van der Waals surface area contributed by atoms with Gasteiger partial charge in [0.1, 0.15) is 12.0 Å². The number of anilines is 4. The molecular weight excluding hydrogens is 366 g/mol. The summed E-state index contributed by atoms with van der Waals surface area (Å²) in [5.74, 6) is 2.55. The molecule has 0 radical (unpaired) electrons. The summed E-state index contributed by atoms with van der Waals surface area (Å²) >= 11 is 0. The molecule has 1 N–H and O–H groups in total. The number of aliphatic imine (C=N–C) groups is 1. The average molecular weight is 389 g/mol. The van der Waals surface area contributed by atoms with Crippen molar-refractivity contribution in [2.75, 3.05) is 28.7 Å². The number of rotatable bonds is 2. The molecule has 0 atom stereocenters. The molecule has 0 unspecified atom stereocenters. The predicted molar refractivity (Wildman–Crippen MR) is 112 cm³/mol. The fraction of sp³-hybridized carbons (Fsp3) is 0.450. The van der Waals surface area contributed by atoms with Crippen LogP contribution in [0.25, 0.3) is 5.65 Å². The van der Waals surface area contributed by atoms with Crippen molar-refractivity contribution in [3.63, 3.8) is 0 Å². The van der Waals surface area contributed by atoms with Crippen LogP contribution in [-0.2, 0) is 0 Å². The monoisotopic (exact) mass is 389 g/mol. The summed E-state index contributed by atoms with van der Waals surface area (Å²) in [6.07, 6.45) is 11.5. The lowest BCUT2D eigenvalue weighted by molar-refractivity contribution is 0.317. The quantitative estimate of drug-likeness (QED) is 0.721. The molecule has 1 spiro atoms. The lowest BCUT2D eigenvalue weighted by Gasteiger charge is -2.39. The van der Waals surface area contributed by atoms with E-state index < -0.39 is 0 Å². The summed E-state index contributed by atoms with van der Waals surface area (Å²) in [6.45, 7) is 2.90. The van der Waals surface area contributed by atoms with Gasteiger partial charge < -0.3 is 10.2 Å². The zero-order valence-electron chi connectivity index (χ0n) is 16.6. The second-order valence-corrected chi connectivity index (χ2v) is 8.26. The van der Waals surface area contributed by atoms with Gasteiger partial charge in [0.15, 0.2) is 11.5 Å². The van der Waals surface area contributed by atoms with Crippen LogP contribution in [0.3, 0.4) is 0 Å². The van der Waals surface area contributed by atoms with Crippen molar-refractivity contribution in [1.29, 1.82) is 0 Å². The maximum absolute atomic E-state index is 4.94. The lowest BCUT2D eigenvalue weighted by atomic mass is 9.81. The van der Waals surface area contributed by atoms with Gasteiger partial charge in [-0.2, -0.15) is 10.1 Å². The van der Waals surface area contributed by atoms with E-state index in [1.807, 2.05) is 25.4 Å². The van der Waals surface area contributed by atoms with Crippen molar-refractivity contribution in [3.05, 3.63) is 30.4 Å². The molecule has 0 saturated heterocycles. The minimum Gasteiger partial charge on any atom is -0.323 e. The summed E-state index contributed by atoms with van der Waals surface area (Å²) in [4.78, 5) is 23.1. The Labute approximate surface area is 168 Å². The van der Waals surface area contributed by atoms with Crippen LogP contribution < -0.4 is 15.1 Å². The van der Waals surface area contributed by atoms with Gasteiger partial charge in [0.2, 0.25) is 11.9 Å². The van der Waals surface area contributed by atoms with Gasteiger partial charge in [-0.15, -0.1) is 0 Å². The van der Waals surface area contributed by atoms with E-state index in [0.717, 1.165) is 40.9 Å². The first-order valence-electron chi connectivity index (χ1n) is 10.2. The van der Waals surface area contributed by atoms with E-state index in [-0.39, 0.29) is 5.54 Å². The Balaban J connectivity index is 1.39. The second-order valence-electron chi connectivity index (χ2n) is 8.26. The number of guanidine groups is 1. The molecule has 0 amide bonds. The Kier molecular flexibility index (Phi) is 3.39. The molecule has 6 rings (SSSR count). The molecule has 2 aliphatic heterocycles. The Bertz CT molecular complexity index is 1140. The average Bonchev–Trinajstić information content (AvgIpc) is 3.39. The molecule has 29 heavy (non-hydrogen) atoms. The fourth-order valence-electron chi connectivity index (χ4n) is 4.88. The van der Waals surface area contributed by atoms with Crippen molar-refractivity contribution >= 4 is 34.7 Å². The molecular formula is C20H23N9. The van der Waals surface area contributed by atoms with Gasteiger partial charge in [-0.25, -0.2) is 19.5 Å². The first-order valence-corrected chi connectivity index (χ1v) is 10.2. The summed E-state index contributed by atoms with van der Waals surface area (Å²) in [5.41, 5.74) is 3.90. The Morgan fingerprint density at radius 2 is 2.00 bits per heavy atom. The van der Waals surface area contributed by atoms with E-state index in [1.54, 1.807) is 10.8 Å². The van der Waals surface area contributed by atoms with Crippen molar-refractivity contribution in [2.45, 2.75) is 44.6 Å². The van der Waals surface area contributed by atoms with Gasteiger partial charge in [0.25, 0.3) is 0 Å². The topological polar surface area (TPSA) is 86.8 Å². The van der Waals surface area contributed by atoms with Crippen LogP contribution in [-0.4, -0.2) is 49.7 Å². The number of aryl methyl sites for hydroxylation is 1. The van der Waals surface area contributed by atoms with Gasteiger partial charge in [0.05, 0.1) is 30.2 Å². The molecule has 3 aliphatic rings. The molecule has 3 aromatic rings. The highest BCUT2D eigenvalue weighted by Crippen LogP contribution is 2.47. The van der Waals surface area contributed by atoms with Crippen LogP contribution in [0.4, 0.5) is 23.1 Å². The molecule has 1 saturated carbocycles. The minimum atomic E-state index is 0.0777. The van der Waals surface area contributed by atoms with Crippen molar-refractivity contribution in [3.8, 4) is 0 Å². The van der Waals surface area contributed by atoms with Gasteiger partial charge in [0, 0.05) is 7.05 Å². The van der Waals surface area contributed by atoms with Crippen LogP contribution in [0, 0.1) is 6.92 Å². The molecule has 0 aromatic carbocycles. The minimum absolute atomic E-state index is 0.0777. The summed E-state index contributed by atoms with van der Waals surface area (Å²) in [7, 11) is 2.05. The molecule has 1 aliphatic carbocycles. The van der Waals surface area contributed by atoms with Crippen LogP contribution >= 0.6 is 0 Å². The second kappa shape index (κ2) is 5.88. The molecule has 1 fully saturated rings. The van der Waals surface area contributed by atoms with E-state index >= 15 is 0 Å². The molecule has 5 heterocycles. The van der Waals surface area contributed by atoms with Gasteiger partial charge in [-0.3, -0.25) is 4.90 Å².